The van der Waals surface area contributed by atoms with Gasteiger partial charge in [-0.25, -0.2) is 0 Å². The average Bonchev–Trinajstić information content (AvgIpc) is 2.14. The van der Waals surface area contributed by atoms with Crippen LogP contribution in [-0.4, -0.2) is 31.3 Å². The molecule has 1 aliphatic rings. The van der Waals surface area contributed by atoms with Crippen LogP contribution in [0.3, 0.4) is 0 Å². The van der Waals surface area contributed by atoms with Gasteiger partial charge in [-0.2, -0.15) is 0 Å². The largest absolute Gasteiger partial charge is 0.391 e. The Balaban J connectivity index is 2.71. The van der Waals surface area contributed by atoms with Gasteiger partial charge in [0.15, 0.2) is 0 Å². The van der Waals surface area contributed by atoms with Gasteiger partial charge in [-0.05, 0) is 19.1 Å². The number of ether oxygens (including phenoxy) is 1. The van der Waals surface area contributed by atoms with E-state index in [4.69, 9.17) is 6.11 Å². The maximum absolute atomic E-state index is 9.64. The van der Waals surface area contributed by atoms with Crippen molar-refractivity contribution in [2.45, 2.75) is 44.4 Å². The fourth-order valence-corrected chi connectivity index (χ4v) is 1.23. The van der Waals surface area contributed by atoms with Crippen molar-refractivity contribution in [3.63, 3.8) is 0 Å². The molecule has 0 aromatic carbocycles. The summed E-state index contributed by atoms with van der Waals surface area (Å²) in [6, 6.07) is 0. The van der Waals surface area contributed by atoms with E-state index in [9.17, 15) is 5.11 Å². The molecule has 58 valence electrons. The van der Waals surface area contributed by atoms with Gasteiger partial charge in [0.05, 0.1) is 18.3 Å². The molecule has 0 radical (unpaired) electrons. The highest BCUT2D eigenvalue weighted by Gasteiger charge is 2.44. The minimum atomic E-state index is -0.491. The molecule has 3 heteroatoms. The van der Waals surface area contributed by atoms with Crippen molar-refractivity contribution < 1.29 is 11.2 Å². The fraction of sp³-hybridized carbons (Fsp3) is 1.00. The van der Waals surface area contributed by atoms with Crippen LogP contribution in [0.5, 0.6) is 0 Å². The van der Waals surface area contributed by atoms with E-state index in [1.165, 1.54) is 0 Å². The van der Waals surface area contributed by atoms with Crippen molar-refractivity contribution in [1.82, 2.24) is 0 Å². The van der Waals surface area contributed by atoms with Crippen LogP contribution in [0, 0.1) is 0 Å². The monoisotopic (exact) mass is 143 g/mol. The standard InChI is InChI=1S/C7H15BO2/c1-4-6(9)7(3,8)5(2)10-4/h4-6,9H,8H2,1-3H3/t4-,5+,6?,7?/m1/s1/i1D. The summed E-state index contributed by atoms with van der Waals surface area (Å²) in [6.45, 7) is 4.06. The molecule has 0 aromatic heterocycles. The van der Waals surface area contributed by atoms with Crippen LogP contribution in [0.2, 0.25) is 5.31 Å². The molecule has 1 N–H and O–H groups in total. The van der Waals surface area contributed by atoms with Crippen LogP contribution >= 0.6 is 0 Å². The zero-order valence-corrected chi connectivity index (χ0v) is 6.79. The topological polar surface area (TPSA) is 29.5 Å². The third-order valence-electron chi connectivity index (χ3n) is 2.54. The minimum Gasteiger partial charge on any atom is -0.391 e. The molecule has 1 saturated heterocycles. The molecule has 0 amide bonds. The molecule has 0 aromatic rings. The Morgan fingerprint density at radius 3 is 2.60 bits per heavy atom. The molecule has 2 nitrogen and oxygen atoms in total. The number of rotatable bonds is 0. The number of aliphatic hydroxyl groups is 1. The lowest BCUT2D eigenvalue weighted by Gasteiger charge is -2.25. The number of aliphatic hydroxyl groups excluding tert-OH is 1. The van der Waals surface area contributed by atoms with Gasteiger partial charge < -0.3 is 9.84 Å². The van der Waals surface area contributed by atoms with E-state index >= 15 is 0 Å². The van der Waals surface area contributed by atoms with Crippen LogP contribution in [0.25, 0.3) is 0 Å². The molecule has 1 fully saturated rings. The number of hydrogen-bond acceptors (Lipinski definition) is 2. The second kappa shape index (κ2) is 2.24. The Bertz CT molecular complexity index is 151. The van der Waals surface area contributed by atoms with Gasteiger partial charge in [-0.3, -0.25) is 0 Å². The molecular formula is C7H15BO2. The van der Waals surface area contributed by atoms with Gasteiger partial charge in [0.2, 0.25) is 0 Å². The van der Waals surface area contributed by atoms with Crippen LogP contribution in [0.15, 0.2) is 0 Å². The van der Waals surface area contributed by atoms with Crippen molar-refractivity contribution in [2.75, 3.05) is 0 Å². The van der Waals surface area contributed by atoms with Crippen molar-refractivity contribution in [3.05, 3.63) is 0 Å². The summed E-state index contributed by atoms with van der Waals surface area (Å²) in [5.74, 6) is 0. The molecule has 10 heavy (non-hydrogen) atoms. The van der Waals surface area contributed by atoms with Crippen molar-refractivity contribution >= 4 is 7.85 Å². The highest BCUT2D eigenvalue weighted by Crippen LogP contribution is 2.41. The van der Waals surface area contributed by atoms with E-state index in [-0.39, 0.29) is 24.4 Å². The summed E-state index contributed by atoms with van der Waals surface area (Å²) in [7, 11) is 1.97. The predicted molar refractivity (Wildman–Crippen MR) is 42.9 cm³/mol. The first-order valence-electron chi connectivity index (χ1n) is 4.33. The molecule has 1 rings (SSSR count). The average molecular weight is 143 g/mol. The van der Waals surface area contributed by atoms with E-state index in [0.717, 1.165) is 0 Å². The zero-order chi connectivity index (χ0) is 8.65. The van der Waals surface area contributed by atoms with Crippen molar-refractivity contribution in [3.8, 4) is 0 Å². The molecule has 2 unspecified atom stereocenters. The molecule has 0 spiro atoms. The summed E-state index contributed by atoms with van der Waals surface area (Å²) in [6.07, 6.45) is -0.733. The molecular weight excluding hydrogens is 127 g/mol. The van der Waals surface area contributed by atoms with Crippen LogP contribution in [0.4, 0.5) is 0 Å². The molecule has 1 aliphatic heterocycles. The van der Waals surface area contributed by atoms with Gasteiger partial charge in [0, 0.05) is 1.37 Å². The maximum atomic E-state index is 9.64. The Morgan fingerprint density at radius 1 is 1.80 bits per heavy atom. The maximum Gasteiger partial charge on any atom is 0.115 e. The minimum absolute atomic E-state index is 0.0489. The van der Waals surface area contributed by atoms with Gasteiger partial charge >= 0.3 is 0 Å². The molecule has 0 aliphatic carbocycles. The zero-order valence-electron chi connectivity index (χ0n) is 7.79. The smallest absolute Gasteiger partial charge is 0.115 e. The van der Waals surface area contributed by atoms with Gasteiger partial charge in [0.1, 0.15) is 7.85 Å². The van der Waals surface area contributed by atoms with Gasteiger partial charge in [-0.15, -0.1) is 0 Å². The summed E-state index contributed by atoms with van der Waals surface area (Å²) in [5.41, 5.74) is 0. The van der Waals surface area contributed by atoms with E-state index in [1.807, 2.05) is 21.7 Å². The quantitative estimate of drug-likeness (QED) is 0.482. The molecule has 0 bridgehead atoms. The Labute approximate surface area is 64.4 Å². The lowest BCUT2D eigenvalue weighted by atomic mass is 9.64. The van der Waals surface area contributed by atoms with Crippen molar-refractivity contribution in [1.29, 1.82) is 0 Å². The second-order valence-corrected chi connectivity index (χ2v) is 3.58. The van der Waals surface area contributed by atoms with E-state index in [2.05, 4.69) is 0 Å². The Kier molecular flexibility index (Phi) is 1.50. The van der Waals surface area contributed by atoms with Crippen molar-refractivity contribution in [2.24, 2.45) is 0 Å². The van der Waals surface area contributed by atoms with Crippen LogP contribution < -0.4 is 0 Å². The number of hydrogen-bond donors (Lipinski definition) is 1. The summed E-state index contributed by atoms with van der Waals surface area (Å²) in [4.78, 5) is 0. The highest BCUT2D eigenvalue weighted by molar-refractivity contribution is 6.16. The highest BCUT2D eigenvalue weighted by atomic mass is 16.5. The Hall–Kier alpha value is -0.0151. The fourth-order valence-electron chi connectivity index (χ4n) is 1.23. The normalized spacial score (nSPS) is 56.7. The van der Waals surface area contributed by atoms with Crippen LogP contribution in [0.1, 0.15) is 22.1 Å². The van der Waals surface area contributed by atoms with Crippen LogP contribution in [-0.2, 0) is 4.74 Å². The lowest BCUT2D eigenvalue weighted by Crippen LogP contribution is -2.30. The predicted octanol–water partition coefficient (Wildman–Crippen LogP) is -0.0338. The van der Waals surface area contributed by atoms with E-state index in [1.54, 1.807) is 0 Å². The Morgan fingerprint density at radius 2 is 2.40 bits per heavy atom. The third-order valence-corrected chi connectivity index (χ3v) is 2.54. The second-order valence-electron chi connectivity index (χ2n) is 3.58. The lowest BCUT2D eigenvalue weighted by molar-refractivity contribution is 0.0287. The van der Waals surface area contributed by atoms with E-state index in [0.29, 0.717) is 0 Å². The third kappa shape index (κ3) is 0.975. The van der Waals surface area contributed by atoms with Gasteiger partial charge in [-0.1, -0.05) is 6.92 Å². The first-order valence-corrected chi connectivity index (χ1v) is 3.63. The SMILES string of the molecule is [2H]C[C@H]1O[C@@H](C)C(B)(C)C1O. The summed E-state index contributed by atoms with van der Waals surface area (Å²) in [5, 5.41) is 9.44. The summed E-state index contributed by atoms with van der Waals surface area (Å²) < 4.78 is 12.5. The first kappa shape index (κ1) is 6.68. The first-order chi connectivity index (χ1) is 5.00. The molecule has 1 heterocycles. The molecule has 4 atom stereocenters. The molecule has 0 saturated carbocycles. The van der Waals surface area contributed by atoms with Gasteiger partial charge in [0.25, 0.3) is 0 Å². The van der Waals surface area contributed by atoms with E-state index < -0.39 is 6.10 Å². The summed E-state index contributed by atoms with van der Waals surface area (Å²) >= 11 is 0.